The number of allylic oxidation sites excluding steroid dienone is 2. The zero-order valence-corrected chi connectivity index (χ0v) is 12.0. The van der Waals surface area contributed by atoms with E-state index in [2.05, 4.69) is 0 Å². The molecule has 0 amide bonds. The van der Waals surface area contributed by atoms with Crippen molar-refractivity contribution in [3.05, 3.63) is 70.3 Å². The third kappa shape index (κ3) is 2.16. The highest BCUT2D eigenvalue weighted by atomic mass is 35.5. The summed E-state index contributed by atoms with van der Waals surface area (Å²) in [4.78, 5) is 24.9. The number of ether oxygens (including phenoxy) is 1. The topological polar surface area (TPSA) is 43.4 Å². The Bertz CT molecular complexity index is 773. The number of ketones is 2. The number of Topliss-reactive ketones (excluding diaryl/α,β-unsaturated/α-hetero) is 2. The lowest BCUT2D eigenvalue weighted by Crippen LogP contribution is -2.19. The Morgan fingerprint density at radius 2 is 1.43 bits per heavy atom. The van der Waals surface area contributed by atoms with Gasteiger partial charge in [0.1, 0.15) is 10.8 Å². The van der Waals surface area contributed by atoms with Crippen LogP contribution in [0.15, 0.2) is 53.6 Å². The third-order valence-corrected chi connectivity index (χ3v) is 3.80. The molecule has 2 aromatic rings. The van der Waals surface area contributed by atoms with E-state index in [1.807, 2.05) is 0 Å². The molecule has 0 bridgehead atoms. The van der Waals surface area contributed by atoms with E-state index >= 15 is 0 Å². The van der Waals surface area contributed by atoms with Crippen LogP contribution in [-0.2, 0) is 0 Å². The fraction of sp³-hybridized carbons (Fsp3) is 0.0588. The Morgan fingerprint density at radius 3 is 2.00 bits per heavy atom. The van der Waals surface area contributed by atoms with Crippen molar-refractivity contribution in [2.75, 3.05) is 7.11 Å². The van der Waals surface area contributed by atoms with Crippen LogP contribution in [-0.4, -0.2) is 18.7 Å². The second-order valence-electron chi connectivity index (χ2n) is 4.62. The number of hydrogen-bond acceptors (Lipinski definition) is 3. The molecular weight excluding hydrogens is 288 g/mol. The Kier molecular flexibility index (Phi) is 3.35. The monoisotopic (exact) mass is 298 g/mol. The maximum Gasteiger partial charge on any atom is 0.205 e. The number of hydrogen-bond donors (Lipinski definition) is 0. The van der Waals surface area contributed by atoms with Gasteiger partial charge in [0.05, 0.1) is 12.7 Å². The van der Waals surface area contributed by atoms with Crippen molar-refractivity contribution in [3.8, 4) is 5.75 Å². The van der Waals surface area contributed by atoms with Gasteiger partial charge in [0.15, 0.2) is 5.78 Å². The quantitative estimate of drug-likeness (QED) is 0.848. The molecule has 3 nitrogen and oxygen atoms in total. The molecular formula is C17H11ClO3. The number of rotatable bonds is 2. The van der Waals surface area contributed by atoms with Gasteiger partial charge in [0.2, 0.25) is 5.78 Å². The first-order valence-corrected chi connectivity index (χ1v) is 6.74. The highest BCUT2D eigenvalue weighted by Crippen LogP contribution is 2.34. The summed E-state index contributed by atoms with van der Waals surface area (Å²) in [7, 11) is 1.56. The average Bonchev–Trinajstić information content (AvgIpc) is 2.53. The van der Waals surface area contributed by atoms with Gasteiger partial charge in [0.25, 0.3) is 0 Å². The smallest absolute Gasteiger partial charge is 0.205 e. The maximum atomic E-state index is 12.6. The summed E-state index contributed by atoms with van der Waals surface area (Å²) >= 11 is 6.14. The number of carbonyl (C=O) groups excluding carboxylic acids is 2. The van der Waals surface area contributed by atoms with Crippen LogP contribution in [0.1, 0.15) is 26.3 Å². The lowest BCUT2D eigenvalue weighted by Gasteiger charge is -2.17. The van der Waals surface area contributed by atoms with Crippen LogP contribution in [0.3, 0.4) is 0 Å². The molecule has 0 aliphatic heterocycles. The summed E-state index contributed by atoms with van der Waals surface area (Å²) in [5.74, 6) is 0.114. The van der Waals surface area contributed by atoms with Gasteiger partial charge in [-0.2, -0.15) is 0 Å². The van der Waals surface area contributed by atoms with Gasteiger partial charge in [-0.1, -0.05) is 48.0 Å². The van der Waals surface area contributed by atoms with Crippen molar-refractivity contribution in [1.29, 1.82) is 0 Å². The van der Waals surface area contributed by atoms with E-state index in [4.69, 9.17) is 16.3 Å². The standard InChI is InChI=1S/C17H11ClO3/c1-21-11-8-6-10(7-9-11)14-15(18)17(20)13-5-3-2-4-12(13)16(14)19/h2-9H,1H3. The molecule has 0 spiro atoms. The van der Waals surface area contributed by atoms with Crippen LogP contribution < -0.4 is 4.74 Å². The van der Waals surface area contributed by atoms with Crippen LogP contribution in [0.4, 0.5) is 0 Å². The highest BCUT2D eigenvalue weighted by Gasteiger charge is 2.31. The van der Waals surface area contributed by atoms with Gasteiger partial charge < -0.3 is 4.74 Å². The molecule has 0 fully saturated rings. The second kappa shape index (κ2) is 5.19. The molecule has 0 radical (unpaired) electrons. The van der Waals surface area contributed by atoms with Gasteiger partial charge in [0, 0.05) is 11.1 Å². The SMILES string of the molecule is COc1ccc(C2=C(Cl)C(=O)c3ccccc3C2=O)cc1. The van der Waals surface area contributed by atoms with E-state index in [1.165, 1.54) is 0 Å². The van der Waals surface area contributed by atoms with E-state index in [1.54, 1.807) is 55.6 Å². The minimum absolute atomic E-state index is 0.0381. The summed E-state index contributed by atoms with van der Waals surface area (Å²) in [6, 6.07) is 13.6. The van der Waals surface area contributed by atoms with E-state index in [-0.39, 0.29) is 22.2 Å². The van der Waals surface area contributed by atoms with Gasteiger partial charge >= 0.3 is 0 Å². The van der Waals surface area contributed by atoms with Crippen LogP contribution in [0, 0.1) is 0 Å². The molecule has 0 unspecified atom stereocenters. The molecule has 0 atom stereocenters. The molecule has 1 aliphatic carbocycles. The second-order valence-corrected chi connectivity index (χ2v) is 5.00. The number of benzene rings is 2. The molecule has 3 rings (SSSR count). The molecule has 104 valence electrons. The van der Waals surface area contributed by atoms with Crippen molar-refractivity contribution >= 4 is 28.7 Å². The van der Waals surface area contributed by atoms with Crippen molar-refractivity contribution in [2.45, 2.75) is 0 Å². The Labute approximate surface area is 126 Å². The molecule has 0 saturated heterocycles. The van der Waals surface area contributed by atoms with E-state index in [9.17, 15) is 9.59 Å². The molecule has 4 heteroatoms. The fourth-order valence-electron chi connectivity index (χ4n) is 2.36. The number of halogens is 1. The highest BCUT2D eigenvalue weighted by molar-refractivity contribution is 6.56. The number of fused-ring (bicyclic) bond motifs is 1. The first kappa shape index (κ1) is 13.6. The van der Waals surface area contributed by atoms with Gasteiger partial charge in [-0.15, -0.1) is 0 Å². The summed E-state index contributed by atoms with van der Waals surface area (Å²) in [6.45, 7) is 0. The molecule has 2 aromatic carbocycles. The number of carbonyl (C=O) groups is 2. The van der Waals surface area contributed by atoms with Crippen LogP contribution in [0.5, 0.6) is 5.75 Å². The summed E-state index contributed by atoms with van der Waals surface area (Å²) in [5, 5.41) is -0.0381. The van der Waals surface area contributed by atoms with E-state index in [0.717, 1.165) is 0 Å². The molecule has 21 heavy (non-hydrogen) atoms. The lowest BCUT2D eigenvalue weighted by atomic mass is 9.86. The van der Waals surface area contributed by atoms with E-state index in [0.29, 0.717) is 22.4 Å². The summed E-state index contributed by atoms with van der Waals surface area (Å²) in [6.07, 6.45) is 0. The Balaban J connectivity index is 2.15. The fourth-order valence-corrected chi connectivity index (χ4v) is 2.66. The van der Waals surface area contributed by atoms with Gasteiger partial charge in [-0.25, -0.2) is 0 Å². The van der Waals surface area contributed by atoms with Crippen molar-refractivity contribution in [3.63, 3.8) is 0 Å². The molecule has 0 saturated carbocycles. The largest absolute Gasteiger partial charge is 0.497 e. The normalized spacial score (nSPS) is 14.2. The molecule has 0 N–H and O–H groups in total. The molecule has 1 aliphatic rings. The van der Waals surface area contributed by atoms with Crippen LogP contribution in [0.2, 0.25) is 0 Å². The molecule has 0 heterocycles. The average molecular weight is 299 g/mol. The molecule has 0 aromatic heterocycles. The van der Waals surface area contributed by atoms with Crippen LogP contribution in [0.25, 0.3) is 5.57 Å². The van der Waals surface area contributed by atoms with Crippen molar-refractivity contribution in [2.24, 2.45) is 0 Å². The lowest BCUT2D eigenvalue weighted by molar-refractivity contribution is 0.0998. The minimum Gasteiger partial charge on any atom is -0.497 e. The Hall–Kier alpha value is -2.39. The van der Waals surface area contributed by atoms with E-state index < -0.39 is 0 Å². The van der Waals surface area contributed by atoms with Crippen molar-refractivity contribution < 1.29 is 14.3 Å². The van der Waals surface area contributed by atoms with Crippen LogP contribution >= 0.6 is 11.6 Å². The van der Waals surface area contributed by atoms with Gasteiger partial charge in [-0.3, -0.25) is 9.59 Å². The first-order chi connectivity index (χ1) is 10.1. The predicted octanol–water partition coefficient (Wildman–Crippen LogP) is 3.72. The zero-order chi connectivity index (χ0) is 15.0. The predicted molar refractivity (Wildman–Crippen MR) is 80.9 cm³/mol. The first-order valence-electron chi connectivity index (χ1n) is 6.36. The Morgan fingerprint density at radius 1 is 0.857 bits per heavy atom. The van der Waals surface area contributed by atoms with Crippen molar-refractivity contribution in [1.82, 2.24) is 0 Å². The zero-order valence-electron chi connectivity index (χ0n) is 11.2. The maximum absolute atomic E-state index is 12.6. The minimum atomic E-state index is -0.322. The number of methoxy groups -OCH3 is 1. The summed E-state index contributed by atoms with van der Waals surface area (Å²) in [5.41, 5.74) is 1.58. The third-order valence-electron chi connectivity index (χ3n) is 3.44. The van der Waals surface area contributed by atoms with Gasteiger partial charge in [-0.05, 0) is 17.7 Å². The summed E-state index contributed by atoms with van der Waals surface area (Å²) < 4.78 is 5.09.